The maximum Gasteiger partial charge on any atom is 0.419 e. The minimum atomic E-state index is -4.93. The van der Waals surface area contributed by atoms with Crippen molar-refractivity contribution in [3.8, 4) is 0 Å². The van der Waals surface area contributed by atoms with Crippen molar-refractivity contribution in [2.75, 3.05) is 6.61 Å². The van der Waals surface area contributed by atoms with Gasteiger partial charge in [-0.25, -0.2) is 4.79 Å². The summed E-state index contributed by atoms with van der Waals surface area (Å²) in [5.41, 5.74) is 0. The third kappa shape index (κ3) is 3.69. The zero-order valence-electron chi connectivity index (χ0n) is 6.59. The fourth-order valence-corrected chi connectivity index (χ4v) is 0.655. The van der Waals surface area contributed by atoms with Crippen LogP contribution in [0.25, 0.3) is 0 Å². The molecule has 76 valence electrons. The molecule has 0 saturated carbocycles. The van der Waals surface area contributed by atoms with Crippen molar-refractivity contribution in [1.29, 1.82) is 0 Å². The first-order valence-electron chi connectivity index (χ1n) is 3.26. The first-order chi connectivity index (χ1) is 5.80. The van der Waals surface area contributed by atoms with Gasteiger partial charge in [-0.3, -0.25) is 0 Å². The number of rotatable bonds is 3. The molecule has 0 aliphatic carbocycles. The van der Waals surface area contributed by atoms with Crippen LogP contribution in [0.5, 0.6) is 0 Å². The highest BCUT2D eigenvalue weighted by molar-refractivity contribution is 7.82. The van der Waals surface area contributed by atoms with E-state index in [0.29, 0.717) is 0 Å². The maximum atomic E-state index is 11.8. The second-order valence-corrected chi connectivity index (χ2v) is 2.47. The van der Waals surface area contributed by atoms with Gasteiger partial charge in [0.1, 0.15) is 4.86 Å². The Morgan fingerprint density at radius 2 is 2.08 bits per heavy atom. The lowest BCUT2D eigenvalue weighted by molar-refractivity contribution is -0.182. The summed E-state index contributed by atoms with van der Waals surface area (Å²) in [4.78, 5) is 9.44. The largest absolute Gasteiger partial charge is 0.462 e. The van der Waals surface area contributed by atoms with Crippen LogP contribution >= 0.6 is 12.2 Å². The van der Waals surface area contributed by atoms with Crippen molar-refractivity contribution in [2.45, 2.75) is 19.2 Å². The zero-order valence-corrected chi connectivity index (χ0v) is 7.41. The molecule has 0 spiro atoms. The Hall–Kier alpha value is -0.690. The molecule has 0 saturated heterocycles. The monoisotopic (exact) mass is 216 g/mol. The first kappa shape index (κ1) is 12.3. The second-order valence-electron chi connectivity index (χ2n) is 2.03. The molecule has 0 aromatic carbocycles. The van der Waals surface area contributed by atoms with E-state index in [1.54, 1.807) is 0 Å². The molecule has 0 rings (SSSR count). The van der Waals surface area contributed by atoms with Gasteiger partial charge in [0.25, 0.3) is 0 Å². The van der Waals surface area contributed by atoms with Crippen molar-refractivity contribution >= 4 is 23.1 Å². The van der Waals surface area contributed by atoms with Crippen molar-refractivity contribution < 1.29 is 27.8 Å². The molecule has 0 aromatic heterocycles. The van der Waals surface area contributed by atoms with Crippen LogP contribution in [0.4, 0.5) is 13.2 Å². The number of hydrogen-bond donors (Lipinski definition) is 1. The molecule has 1 N–H and O–H groups in total. The molecule has 0 aliphatic heterocycles. The topological polar surface area (TPSA) is 46.5 Å². The summed E-state index contributed by atoms with van der Waals surface area (Å²) in [5.74, 6) is -1.32. The highest BCUT2D eigenvalue weighted by Gasteiger charge is 2.43. The van der Waals surface area contributed by atoms with Crippen LogP contribution in [-0.2, 0) is 9.53 Å². The van der Waals surface area contributed by atoms with Crippen molar-refractivity contribution in [2.24, 2.45) is 0 Å². The van der Waals surface area contributed by atoms with Gasteiger partial charge in [0.2, 0.25) is 0 Å². The SMILES string of the molecule is CCOC(=O)C(=S)C(O)C(F)(F)F. The number of carbonyl (C=O) groups is 1. The van der Waals surface area contributed by atoms with Crippen LogP contribution in [0.2, 0.25) is 0 Å². The van der Waals surface area contributed by atoms with E-state index in [9.17, 15) is 18.0 Å². The standard InChI is InChI=1S/C6H7F3O3S/c1-2-12-5(11)3(13)4(10)6(7,8)9/h4,10H,2H2,1H3. The lowest BCUT2D eigenvalue weighted by atomic mass is 10.2. The molecule has 7 heteroatoms. The van der Waals surface area contributed by atoms with Crippen LogP contribution < -0.4 is 0 Å². The molecule has 0 amide bonds. The van der Waals surface area contributed by atoms with E-state index >= 15 is 0 Å². The molecule has 0 aromatic rings. The molecule has 0 radical (unpaired) electrons. The van der Waals surface area contributed by atoms with Gasteiger partial charge in [0, 0.05) is 0 Å². The number of hydrogen-bond acceptors (Lipinski definition) is 4. The number of carbonyl (C=O) groups excluding carboxylic acids is 1. The summed E-state index contributed by atoms with van der Waals surface area (Å²) in [6, 6.07) is 0. The van der Waals surface area contributed by atoms with E-state index in [2.05, 4.69) is 17.0 Å². The molecule has 1 unspecified atom stereocenters. The maximum absolute atomic E-state index is 11.8. The van der Waals surface area contributed by atoms with E-state index < -0.39 is 23.1 Å². The van der Waals surface area contributed by atoms with Crippen LogP contribution in [0.1, 0.15) is 6.92 Å². The van der Waals surface area contributed by atoms with E-state index in [0.717, 1.165) is 0 Å². The minimum Gasteiger partial charge on any atom is -0.462 e. The van der Waals surface area contributed by atoms with Crippen LogP contribution in [0.3, 0.4) is 0 Å². The number of aliphatic hydroxyl groups is 1. The summed E-state index contributed by atoms with van der Waals surface area (Å²) in [6.45, 7) is 1.32. The summed E-state index contributed by atoms with van der Waals surface area (Å²) in [6.07, 6.45) is -7.86. The number of ether oxygens (including phenoxy) is 1. The Morgan fingerprint density at radius 3 is 2.38 bits per heavy atom. The van der Waals surface area contributed by atoms with Gasteiger partial charge in [-0.05, 0) is 6.92 Å². The van der Waals surface area contributed by atoms with Gasteiger partial charge < -0.3 is 9.84 Å². The summed E-state index contributed by atoms with van der Waals surface area (Å²) in [5, 5.41) is 8.48. The summed E-state index contributed by atoms with van der Waals surface area (Å²) >= 11 is 4.07. The van der Waals surface area contributed by atoms with Crippen molar-refractivity contribution in [3.63, 3.8) is 0 Å². The van der Waals surface area contributed by atoms with Gasteiger partial charge in [0.15, 0.2) is 6.10 Å². The quantitative estimate of drug-likeness (QED) is 0.561. The van der Waals surface area contributed by atoms with Gasteiger partial charge in [-0.2, -0.15) is 13.2 Å². The van der Waals surface area contributed by atoms with Gasteiger partial charge >= 0.3 is 12.1 Å². The molecule has 0 heterocycles. The number of aliphatic hydroxyl groups excluding tert-OH is 1. The van der Waals surface area contributed by atoms with Gasteiger partial charge in [-0.1, -0.05) is 12.2 Å². The molecular formula is C6H7F3O3S. The minimum absolute atomic E-state index is 0.0937. The summed E-state index contributed by atoms with van der Waals surface area (Å²) < 4.78 is 39.4. The van der Waals surface area contributed by atoms with Crippen LogP contribution in [-0.4, -0.2) is 34.8 Å². The molecule has 0 aliphatic rings. The Balaban J connectivity index is 4.35. The average molecular weight is 216 g/mol. The third-order valence-electron chi connectivity index (χ3n) is 1.04. The van der Waals surface area contributed by atoms with E-state index in [1.165, 1.54) is 6.92 Å². The Kier molecular flexibility index (Phi) is 4.28. The molecule has 1 atom stereocenters. The molecule has 0 bridgehead atoms. The van der Waals surface area contributed by atoms with Crippen molar-refractivity contribution in [1.82, 2.24) is 0 Å². The van der Waals surface area contributed by atoms with Crippen molar-refractivity contribution in [3.05, 3.63) is 0 Å². The highest BCUT2D eigenvalue weighted by atomic mass is 32.1. The fraction of sp³-hybridized carbons (Fsp3) is 0.667. The highest BCUT2D eigenvalue weighted by Crippen LogP contribution is 2.21. The Morgan fingerprint density at radius 1 is 1.62 bits per heavy atom. The Bertz CT molecular complexity index is 214. The first-order valence-corrected chi connectivity index (χ1v) is 3.67. The van der Waals surface area contributed by atoms with E-state index in [4.69, 9.17) is 5.11 Å². The molecule has 13 heavy (non-hydrogen) atoms. The van der Waals surface area contributed by atoms with Crippen LogP contribution in [0.15, 0.2) is 0 Å². The van der Waals surface area contributed by atoms with E-state index in [-0.39, 0.29) is 6.61 Å². The molecular weight excluding hydrogens is 209 g/mol. The average Bonchev–Trinajstić information content (AvgIpc) is 2.00. The number of alkyl halides is 3. The third-order valence-corrected chi connectivity index (χ3v) is 1.42. The Labute approximate surface area is 77.5 Å². The normalized spacial score (nSPS) is 13.6. The lowest BCUT2D eigenvalue weighted by Crippen LogP contribution is -2.40. The summed E-state index contributed by atoms with van der Waals surface area (Å²) in [7, 11) is 0. The lowest BCUT2D eigenvalue weighted by Gasteiger charge is -2.13. The zero-order chi connectivity index (χ0) is 10.6. The number of thiocarbonyl (C=S) groups is 1. The fourth-order valence-electron chi connectivity index (χ4n) is 0.463. The predicted octanol–water partition coefficient (Wildman–Crippen LogP) is 0.843. The second kappa shape index (κ2) is 4.52. The van der Waals surface area contributed by atoms with Crippen LogP contribution in [0, 0.1) is 0 Å². The predicted molar refractivity (Wildman–Crippen MR) is 41.3 cm³/mol. The van der Waals surface area contributed by atoms with Gasteiger partial charge in [-0.15, -0.1) is 0 Å². The van der Waals surface area contributed by atoms with Gasteiger partial charge in [0.05, 0.1) is 6.61 Å². The number of esters is 1. The molecule has 3 nitrogen and oxygen atoms in total. The molecule has 0 fully saturated rings. The smallest absolute Gasteiger partial charge is 0.419 e. The number of halogens is 3. The van der Waals surface area contributed by atoms with E-state index in [1.807, 2.05) is 0 Å².